The lowest BCUT2D eigenvalue weighted by Crippen LogP contribution is -2.40. The van der Waals surface area contributed by atoms with E-state index in [4.69, 9.17) is 9.47 Å². The van der Waals surface area contributed by atoms with E-state index in [0.717, 1.165) is 4.90 Å². The van der Waals surface area contributed by atoms with Crippen LogP contribution < -0.4 is 4.90 Å². The smallest absolute Gasteiger partial charge is 0.422 e. The zero-order valence-electron chi connectivity index (χ0n) is 16.3. The van der Waals surface area contributed by atoms with Gasteiger partial charge in [-0.2, -0.15) is 0 Å². The zero-order valence-corrected chi connectivity index (χ0v) is 16.3. The summed E-state index contributed by atoms with van der Waals surface area (Å²) in [6.45, 7) is 8.84. The summed E-state index contributed by atoms with van der Waals surface area (Å²) in [7, 11) is 0. The minimum Gasteiger partial charge on any atom is -0.466 e. The van der Waals surface area contributed by atoms with Gasteiger partial charge in [-0.15, -0.1) is 0 Å². The van der Waals surface area contributed by atoms with Gasteiger partial charge in [-0.05, 0) is 45.7 Å². The van der Waals surface area contributed by atoms with Crippen LogP contribution in [0.3, 0.4) is 0 Å². The molecule has 1 atom stereocenters. The molecule has 1 heterocycles. The molecule has 2 rings (SSSR count). The Hall–Kier alpha value is -2.70. The second-order valence-electron chi connectivity index (χ2n) is 7.28. The summed E-state index contributed by atoms with van der Waals surface area (Å²) in [4.78, 5) is 50.7. The molecule has 146 valence electrons. The van der Waals surface area contributed by atoms with E-state index < -0.39 is 35.3 Å². The summed E-state index contributed by atoms with van der Waals surface area (Å²) in [5, 5.41) is 0. The molecule has 1 unspecified atom stereocenters. The number of carbonyl (C=O) groups excluding carboxylic acids is 4. The topological polar surface area (TPSA) is 90.0 Å². The van der Waals surface area contributed by atoms with E-state index in [-0.39, 0.29) is 17.9 Å². The Morgan fingerprint density at radius 3 is 2.37 bits per heavy atom. The number of amides is 2. The molecule has 1 aliphatic rings. The number of ketones is 1. The molecule has 0 spiro atoms. The normalized spacial score (nSPS) is 14.8. The summed E-state index contributed by atoms with van der Waals surface area (Å²) in [5.74, 6) is -2.94. The van der Waals surface area contributed by atoms with Crippen LogP contribution in [0.2, 0.25) is 0 Å². The lowest BCUT2D eigenvalue weighted by molar-refractivity contribution is -0.145. The van der Waals surface area contributed by atoms with Gasteiger partial charge >= 0.3 is 18.0 Å². The van der Waals surface area contributed by atoms with Crippen molar-refractivity contribution in [3.05, 3.63) is 29.3 Å². The van der Waals surface area contributed by atoms with Crippen molar-refractivity contribution >= 4 is 29.4 Å². The Bertz CT molecular complexity index is 777. The number of hydrogen-bond acceptors (Lipinski definition) is 6. The fraction of sp³-hybridized carbons (Fsp3) is 0.500. The van der Waals surface area contributed by atoms with E-state index in [1.54, 1.807) is 39.8 Å². The molecule has 0 aliphatic carbocycles. The number of imide groups is 1. The fourth-order valence-electron chi connectivity index (χ4n) is 3.02. The number of benzene rings is 1. The Kier molecular flexibility index (Phi) is 6.03. The maximum atomic E-state index is 12.6. The average molecular weight is 375 g/mol. The van der Waals surface area contributed by atoms with Crippen LogP contribution in [-0.2, 0) is 19.1 Å². The fourth-order valence-corrected chi connectivity index (χ4v) is 3.02. The van der Waals surface area contributed by atoms with E-state index in [0.29, 0.717) is 18.4 Å². The van der Waals surface area contributed by atoms with E-state index in [1.807, 2.05) is 6.92 Å². The molecule has 1 aromatic rings. The molecule has 0 bridgehead atoms. The Morgan fingerprint density at radius 1 is 1.15 bits per heavy atom. The van der Waals surface area contributed by atoms with Gasteiger partial charge in [-0.25, -0.2) is 9.69 Å². The van der Waals surface area contributed by atoms with Crippen LogP contribution in [0, 0.1) is 0 Å². The highest BCUT2D eigenvalue weighted by Crippen LogP contribution is 2.37. The Labute approximate surface area is 158 Å². The van der Waals surface area contributed by atoms with Crippen molar-refractivity contribution in [3.63, 3.8) is 0 Å². The second-order valence-corrected chi connectivity index (χ2v) is 7.28. The zero-order chi connectivity index (χ0) is 20.4. The van der Waals surface area contributed by atoms with E-state index in [9.17, 15) is 19.2 Å². The number of hydrogen-bond donors (Lipinski definition) is 0. The van der Waals surface area contributed by atoms with Gasteiger partial charge in [-0.1, -0.05) is 25.5 Å². The van der Waals surface area contributed by atoms with Crippen molar-refractivity contribution in [2.45, 2.75) is 59.0 Å². The van der Waals surface area contributed by atoms with Crippen LogP contribution in [0.1, 0.15) is 69.3 Å². The van der Waals surface area contributed by atoms with Crippen LogP contribution >= 0.6 is 0 Å². The third kappa shape index (κ3) is 4.18. The molecule has 0 radical (unpaired) electrons. The predicted molar refractivity (Wildman–Crippen MR) is 98.8 cm³/mol. The van der Waals surface area contributed by atoms with Crippen molar-refractivity contribution in [3.8, 4) is 0 Å². The van der Waals surface area contributed by atoms with E-state index >= 15 is 0 Å². The molecule has 0 fully saturated rings. The van der Waals surface area contributed by atoms with E-state index in [2.05, 4.69) is 0 Å². The van der Waals surface area contributed by atoms with Crippen LogP contribution in [0.4, 0.5) is 10.5 Å². The van der Waals surface area contributed by atoms with Crippen LogP contribution in [-0.4, -0.2) is 36.0 Å². The molecule has 7 nitrogen and oxygen atoms in total. The summed E-state index contributed by atoms with van der Waals surface area (Å²) < 4.78 is 10.4. The number of anilines is 1. The highest BCUT2D eigenvalue weighted by molar-refractivity contribution is 6.56. The predicted octanol–water partition coefficient (Wildman–Crippen LogP) is 3.60. The van der Waals surface area contributed by atoms with Crippen molar-refractivity contribution < 1.29 is 28.7 Å². The molecule has 0 N–H and O–H groups in total. The number of ether oxygens (including phenoxy) is 2. The van der Waals surface area contributed by atoms with E-state index in [1.165, 1.54) is 6.07 Å². The van der Waals surface area contributed by atoms with Crippen molar-refractivity contribution in [2.75, 3.05) is 11.5 Å². The van der Waals surface area contributed by atoms with Gasteiger partial charge in [0.1, 0.15) is 5.60 Å². The lowest BCUT2D eigenvalue weighted by atomic mass is 9.89. The molecule has 0 saturated carbocycles. The third-order valence-electron chi connectivity index (χ3n) is 4.04. The first-order chi connectivity index (χ1) is 12.6. The van der Waals surface area contributed by atoms with Gasteiger partial charge in [-0.3, -0.25) is 14.4 Å². The first kappa shape index (κ1) is 20.6. The summed E-state index contributed by atoms with van der Waals surface area (Å²) in [6, 6.07) is 4.73. The maximum Gasteiger partial charge on any atom is 0.422 e. The summed E-state index contributed by atoms with van der Waals surface area (Å²) in [6.07, 6.45) is 0.230. The van der Waals surface area contributed by atoms with Crippen molar-refractivity contribution in [2.24, 2.45) is 0 Å². The number of rotatable bonds is 5. The molecule has 7 heteroatoms. The molecule has 2 amide bonds. The minimum atomic E-state index is -0.981. The number of esters is 1. The monoisotopic (exact) mass is 375 g/mol. The average Bonchev–Trinajstić information content (AvgIpc) is 2.82. The van der Waals surface area contributed by atoms with Gasteiger partial charge in [0, 0.05) is 0 Å². The highest BCUT2D eigenvalue weighted by Gasteiger charge is 2.44. The van der Waals surface area contributed by atoms with Gasteiger partial charge in [0.25, 0.3) is 5.78 Å². The minimum absolute atomic E-state index is 0.0693. The summed E-state index contributed by atoms with van der Waals surface area (Å²) in [5.41, 5.74) is -0.213. The van der Waals surface area contributed by atoms with Gasteiger partial charge in [0.15, 0.2) is 0 Å². The number of carbonyl (C=O) groups is 4. The molecule has 1 aromatic carbocycles. The molecule has 0 saturated heterocycles. The lowest BCUT2D eigenvalue weighted by Gasteiger charge is -2.23. The number of Topliss-reactive ketones (excluding diaryl/α,β-unsaturated/α-hetero) is 1. The highest BCUT2D eigenvalue weighted by atomic mass is 16.6. The van der Waals surface area contributed by atoms with Gasteiger partial charge in [0.2, 0.25) is 0 Å². The number of fused-ring (bicyclic) bond motifs is 1. The molecule has 0 aromatic heterocycles. The second kappa shape index (κ2) is 7.90. The standard InChI is InChI=1S/C20H25NO6/c1-6-9-13(18(24)26-7-2)12-10-8-11-14-15(12)16(22)17(23)21(14)19(25)27-20(3,4)5/h8,10-11,13H,6-7,9H2,1-5H3. The molecular weight excluding hydrogens is 350 g/mol. The van der Waals surface area contributed by atoms with Crippen LogP contribution in [0.15, 0.2) is 18.2 Å². The number of nitrogens with zero attached hydrogens (tertiary/aromatic N) is 1. The Morgan fingerprint density at radius 2 is 1.81 bits per heavy atom. The first-order valence-electron chi connectivity index (χ1n) is 9.03. The summed E-state index contributed by atoms with van der Waals surface area (Å²) >= 11 is 0. The van der Waals surface area contributed by atoms with Crippen molar-refractivity contribution in [1.29, 1.82) is 0 Å². The molecule has 27 heavy (non-hydrogen) atoms. The Balaban J connectivity index is 2.53. The largest absolute Gasteiger partial charge is 0.466 e. The quantitative estimate of drug-likeness (QED) is 0.577. The molecular formula is C20H25NO6. The van der Waals surface area contributed by atoms with Crippen molar-refractivity contribution in [1.82, 2.24) is 0 Å². The third-order valence-corrected chi connectivity index (χ3v) is 4.04. The van der Waals surface area contributed by atoms with Gasteiger partial charge < -0.3 is 9.47 Å². The van der Waals surface area contributed by atoms with Gasteiger partial charge in [0.05, 0.1) is 23.8 Å². The SMILES string of the molecule is CCCC(C(=O)OCC)c1cccc2c1C(=O)C(=O)N2C(=O)OC(C)(C)C. The first-order valence-corrected chi connectivity index (χ1v) is 9.03. The van der Waals surface area contributed by atoms with Crippen LogP contribution in [0.5, 0.6) is 0 Å². The maximum absolute atomic E-state index is 12.6. The molecule has 1 aliphatic heterocycles. The van der Waals surface area contributed by atoms with Crippen LogP contribution in [0.25, 0.3) is 0 Å².